The van der Waals surface area contributed by atoms with Crippen molar-refractivity contribution in [1.82, 2.24) is 25.1 Å². The zero-order valence-electron chi connectivity index (χ0n) is 17.1. The summed E-state index contributed by atoms with van der Waals surface area (Å²) < 4.78 is 2.22. The van der Waals surface area contributed by atoms with Crippen molar-refractivity contribution in [3.8, 4) is 11.4 Å². The summed E-state index contributed by atoms with van der Waals surface area (Å²) >= 11 is 1.48. The Bertz CT molecular complexity index is 975. The van der Waals surface area contributed by atoms with E-state index in [-0.39, 0.29) is 11.9 Å². The molecular weight excluding hydrogens is 382 g/mol. The van der Waals surface area contributed by atoms with Gasteiger partial charge in [0.25, 0.3) is 0 Å². The van der Waals surface area contributed by atoms with Crippen LogP contribution in [-0.2, 0) is 4.79 Å². The van der Waals surface area contributed by atoms with Crippen LogP contribution in [0.15, 0.2) is 35.6 Å². The number of nitrogens with one attached hydrogen (secondary N) is 2. The molecule has 0 spiro atoms. The van der Waals surface area contributed by atoms with Gasteiger partial charge in [0.15, 0.2) is 11.0 Å². The number of thioether (sulfide) groups is 1. The summed E-state index contributed by atoms with van der Waals surface area (Å²) in [4.78, 5) is 15.7. The molecule has 0 radical (unpaired) electrons. The minimum absolute atomic E-state index is 0.0676. The molecule has 1 aromatic carbocycles. The van der Waals surface area contributed by atoms with Gasteiger partial charge in [-0.1, -0.05) is 56.1 Å². The number of H-pyrrole nitrogens is 1. The third-order valence-corrected chi connectivity index (χ3v) is 6.33. The van der Waals surface area contributed by atoms with Crippen LogP contribution in [0.1, 0.15) is 58.4 Å². The van der Waals surface area contributed by atoms with E-state index < -0.39 is 0 Å². The second-order valence-corrected chi connectivity index (χ2v) is 8.85. The third-order valence-electron chi connectivity index (χ3n) is 5.39. The Morgan fingerprint density at radius 3 is 2.93 bits per heavy atom. The molecule has 29 heavy (non-hydrogen) atoms. The largest absolute Gasteiger partial charge is 0.360 e. The van der Waals surface area contributed by atoms with Gasteiger partial charge in [-0.05, 0) is 32.3 Å². The number of rotatable bonds is 10. The van der Waals surface area contributed by atoms with Crippen LogP contribution in [0.25, 0.3) is 22.3 Å². The zero-order valence-corrected chi connectivity index (χ0v) is 18.0. The molecule has 1 amide bonds. The number of carbonyl (C=O) groups is 1. The van der Waals surface area contributed by atoms with Gasteiger partial charge in [0.1, 0.15) is 0 Å². The number of aromatic amines is 1. The lowest BCUT2D eigenvalue weighted by Gasteiger charge is -2.13. The molecule has 1 aliphatic carbocycles. The van der Waals surface area contributed by atoms with Crippen LogP contribution in [0.5, 0.6) is 0 Å². The Balaban J connectivity index is 1.45. The van der Waals surface area contributed by atoms with E-state index in [4.69, 9.17) is 0 Å². The van der Waals surface area contributed by atoms with Crippen LogP contribution in [0.4, 0.5) is 0 Å². The molecular formula is C22H29N5OS. The minimum atomic E-state index is 0.0676. The number of unbranched alkanes of at least 4 members (excludes halogenated alkanes) is 2. The number of para-hydroxylation sites is 1. The Kier molecular flexibility index (Phi) is 6.23. The van der Waals surface area contributed by atoms with E-state index in [1.807, 2.05) is 18.3 Å². The van der Waals surface area contributed by atoms with E-state index in [0.717, 1.165) is 53.1 Å². The first-order valence-corrected chi connectivity index (χ1v) is 11.6. The third kappa shape index (κ3) is 4.66. The lowest BCUT2D eigenvalue weighted by atomic mass is 10.1. The van der Waals surface area contributed by atoms with Gasteiger partial charge in [-0.2, -0.15) is 0 Å². The van der Waals surface area contributed by atoms with Gasteiger partial charge >= 0.3 is 0 Å². The molecule has 4 rings (SSSR count). The predicted octanol–water partition coefficient (Wildman–Crippen LogP) is 4.94. The second-order valence-electron chi connectivity index (χ2n) is 7.91. The Labute approximate surface area is 175 Å². The molecule has 0 bridgehead atoms. The first kappa shape index (κ1) is 20.0. The first-order valence-electron chi connectivity index (χ1n) is 10.6. The van der Waals surface area contributed by atoms with Crippen molar-refractivity contribution in [2.75, 3.05) is 5.75 Å². The number of hydrogen-bond donors (Lipinski definition) is 2. The number of carbonyl (C=O) groups excluding carboxylic acids is 1. The number of aromatic nitrogens is 4. The molecule has 0 aliphatic heterocycles. The molecule has 154 valence electrons. The van der Waals surface area contributed by atoms with Gasteiger partial charge in [0.2, 0.25) is 5.91 Å². The number of nitrogens with zero attached hydrogens (tertiary/aromatic N) is 3. The highest BCUT2D eigenvalue weighted by molar-refractivity contribution is 7.99. The maximum Gasteiger partial charge on any atom is 0.230 e. The fraction of sp³-hybridized carbons (Fsp3) is 0.500. The van der Waals surface area contributed by atoms with Gasteiger partial charge < -0.3 is 10.3 Å². The van der Waals surface area contributed by atoms with Gasteiger partial charge in [-0.25, -0.2) is 0 Å². The van der Waals surface area contributed by atoms with Crippen molar-refractivity contribution in [3.05, 3.63) is 30.5 Å². The Morgan fingerprint density at radius 2 is 2.14 bits per heavy atom. The summed E-state index contributed by atoms with van der Waals surface area (Å²) in [5, 5.41) is 14.0. The minimum Gasteiger partial charge on any atom is -0.360 e. The molecule has 6 nitrogen and oxygen atoms in total. The van der Waals surface area contributed by atoms with Crippen LogP contribution in [0.2, 0.25) is 0 Å². The van der Waals surface area contributed by atoms with Gasteiger partial charge in [-0.3, -0.25) is 9.36 Å². The first-order chi connectivity index (χ1) is 14.2. The lowest BCUT2D eigenvalue weighted by Crippen LogP contribution is -2.33. The fourth-order valence-electron chi connectivity index (χ4n) is 3.70. The summed E-state index contributed by atoms with van der Waals surface area (Å²) in [5.74, 6) is 1.33. The Morgan fingerprint density at radius 1 is 1.31 bits per heavy atom. The number of hydrogen-bond acceptors (Lipinski definition) is 4. The van der Waals surface area contributed by atoms with E-state index in [0.29, 0.717) is 11.8 Å². The van der Waals surface area contributed by atoms with Crippen LogP contribution >= 0.6 is 11.8 Å². The average molecular weight is 412 g/mol. The van der Waals surface area contributed by atoms with E-state index >= 15 is 0 Å². The number of fused-ring (bicyclic) bond motifs is 1. The van der Waals surface area contributed by atoms with Gasteiger partial charge in [-0.15, -0.1) is 10.2 Å². The van der Waals surface area contributed by atoms with Crippen molar-refractivity contribution in [3.63, 3.8) is 0 Å². The van der Waals surface area contributed by atoms with Crippen LogP contribution in [0.3, 0.4) is 0 Å². The molecule has 3 aromatic rings. The molecule has 1 fully saturated rings. The molecule has 0 saturated heterocycles. The molecule has 1 atom stereocenters. The summed E-state index contributed by atoms with van der Waals surface area (Å²) in [6.45, 7) is 4.28. The fourth-order valence-corrected chi connectivity index (χ4v) is 4.51. The van der Waals surface area contributed by atoms with E-state index in [1.165, 1.54) is 24.6 Å². The summed E-state index contributed by atoms with van der Waals surface area (Å²) in [6.07, 6.45) is 8.90. The second kappa shape index (κ2) is 9.03. The Hall–Kier alpha value is -2.28. The zero-order chi connectivity index (χ0) is 20.2. The normalized spacial score (nSPS) is 15.0. The lowest BCUT2D eigenvalue weighted by molar-refractivity contribution is -0.119. The van der Waals surface area contributed by atoms with Crippen molar-refractivity contribution >= 4 is 28.6 Å². The van der Waals surface area contributed by atoms with E-state index in [1.54, 1.807) is 0 Å². The smallest absolute Gasteiger partial charge is 0.230 e. The van der Waals surface area contributed by atoms with Gasteiger partial charge in [0.05, 0.1) is 5.75 Å². The van der Waals surface area contributed by atoms with Crippen molar-refractivity contribution < 1.29 is 4.79 Å². The predicted molar refractivity (Wildman–Crippen MR) is 118 cm³/mol. The highest BCUT2D eigenvalue weighted by Crippen LogP contribution is 2.42. The maximum atomic E-state index is 12.4. The summed E-state index contributed by atoms with van der Waals surface area (Å²) in [5.41, 5.74) is 2.17. The van der Waals surface area contributed by atoms with E-state index in [2.05, 4.69) is 51.0 Å². The molecule has 2 aromatic heterocycles. The molecule has 2 heterocycles. The van der Waals surface area contributed by atoms with Crippen LogP contribution in [0, 0.1) is 0 Å². The van der Waals surface area contributed by atoms with Crippen molar-refractivity contribution in [2.24, 2.45) is 0 Å². The summed E-state index contributed by atoms with van der Waals surface area (Å²) in [7, 11) is 0. The average Bonchev–Trinajstić information content (AvgIpc) is 3.32. The van der Waals surface area contributed by atoms with Crippen molar-refractivity contribution in [2.45, 2.75) is 69.6 Å². The number of amides is 1. The maximum absolute atomic E-state index is 12.4. The number of benzene rings is 1. The standard InChI is InChI=1S/C22H29N5OS/c1-3-4-5-8-15(2)24-20(28)14-29-22-26-25-21(27(22)16-11-12-16)18-13-23-19-10-7-6-9-17(18)19/h6-7,9-10,13,15-16,23H,3-5,8,11-12,14H2,1-2H3,(H,24,28). The SMILES string of the molecule is CCCCCC(C)NC(=O)CSc1nnc(-c2c[nH]c3ccccc23)n1C1CC1. The molecule has 7 heteroatoms. The highest BCUT2D eigenvalue weighted by atomic mass is 32.2. The molecule has 1 unspecified atom stereocenters. The van der Waals surface area contributed by atoms with E-state index in [9.17, 15) is 4.79 Å². The molecule has 1 aliphatic rings. The topological polar surface area (TPSA) is 75.6 Å². The molecule has 1 saturated carbocycles. The van der Waals surface area contributed by atoms with Crippen LogP contribution < -0.4 is 5.32 Å². The van der Waals surface area contributed by atoms with Gasteiger partial charge in [0, 0.05) is 34.7 Å². The summed E-state index contributed by atoms with van der Waals surface area (Å²) in [6, 6.07) is 8.90. The quantitative estimate of drug-likeness (QED) is 0.366. The highest BCUT2D eigenvalue weighted by Gasteiger charge is 2.31. The van der Waals surface area contributed by atoms with Crippen molar-refractivity contribution in [1.29, 1.82) is 0 Å². The van der Waals surface area contributed by atoms with Crippen LogP contribution in [-0.4, -0.2) is 37.5 Å². The monoisotopic (exact) mass is 411 g/mol. The molecule has 2 N–H and O–H groups in total.